The molecule has 0 saturated heterocycles. The number of carbonyl (C=O) groups excluding carboxylic acids is 1. The quantitative estimate of drug-likeness (QED) is 0.523. The van der Waals surface area contributed by atoms with Crippen LogP contribution in [0.5, 0.6) is 0 Å². The Kier molecular flexibility index (Phi) is 4.49. The molecule has 0 aliphatic carbocycles. The zero-order valence-electron chi connectivity index (χ0n) is 8.54. The van der Waals surface area contributed by atoms with Gasteiger partial charge in [0.05, 0.1) is 6.10 Å². The van der Waals surface area contributed by atoms with Gasteiger partial charge >= 0.3 is 0 Å². The number of ketones is 1. The van der Waals surface area contributed by atoms with Crippen LogP contribution >= 0.6 is 15.9 Å². The minimum atomic E-state index is -1.11. The van der Waals surface area contributed by atoms with Gasteiger partial charge < -0.3 is 5.11 Å². The van der Waals surface area contributed by atoms with Gasteiger partial charge in [0.15, 0.2) is 0 Å². The van der Waals surface area contributed by atoms with Gasteiger partial charge in [0, 0.05) is 9.38 Å². The molecule has 16 heavy (non-hydrogen) atoms. The molecule has 84 valence electrons. The lowest BCUT2D eigenvalue weighted by molar-refractivity contribution is -0.120. The van der Waals surface area contributed by atoms with E-state index in [1.807, 2.05) is 0 Å². The fraction of sp³-hybridized carbons (Fsp3) is 0.300. The predicted octanol–water partition coefficient (Wildman–Crippen LogP) is 2.75. The van der Waals surface area contributed by atoms with Crippen LogP contribution < -0.4 is 0 Å². The van der Waals surface area contributed by atoms with Crippen molar-refractivity contribution in [2.24, 2.45) is 5.11 Å². The average Bonchev–Trinajstić information content (AvgIpc) is 2.25. The monoisotopic (exact) mass is 283 g/mol. The number of carbonyl (C=O) groups is 1. The van der Waals surface area contributed by atoms with Gasteiger partial charge in [-0.25, -0.2) is 0 Å². The van der Waals surface area contributed by atoms with Crippen molar-refractivity contribution in [1.82, 2.24) is 0 Å². The Labute approximate surface area is 101 Å². The van der Waals surface area contributed by atoms with E-state index >= 15 is 0 Å². The first kappa shape index (κ1) is 12.7. The van der Waals surface area contributed by atoms with Crippen LogP contribution in [-0.4, -0.2) is 16.9 Å². The van der Waals surface area contributed by atoms with Gasteiger partial charge in [-0.3, -0.25) is 4.79 Å². The molecule has 5 nitrogen and oxygen atoms in total. The van der Waals surface area contributed by atoms with Crippen molar-refractivity contribution in [1.29, 1.82) is 0 Å². The van der Waals surface area contributed by atoms with Gasteiger partial charge in [-0.05, 0) is 30.2 Å². The lowest BCUT2D eigenvalue weighted by Gasteiger charge is -2.15. The first-order valence-corrected chi connectivity index (χ1v) is 5.33. The number of halogens is 1. The number of hydrogen-bond donors (Lipinski definition) is 1. The van der Waals surface area contributed by atoms with Crippen LogP contribution in [0, 0.1) is 0 Å². The fourth-order valence-electron chi connectivity index (χ4n) is 1.26. The van der Waals surface area contributed by atoms with Crippen molar-refractivity contribution in [2.45, 2.75) is 19.1 Å². The summed E-state index contributed by atoms with van der Waals surface area (Å²) in [6.07, 6.45) is -1.11. The Bertz CT molecular complexity index is 424. The zero-order valence-corrected chi connectivity index (χ0v) is 10.1. The van der Waals surface area contributed by atoms with Crippen molar-refractivity contribution in [3.63, 3.8) is 0 Å². The van der Waals surface area contributed by atoms with Gasteiger partial charge in [-0.2, -0.15) is 0 Å². The molecule has 1 rings (SSSR count). The van der Waals surface area contributed by atoms with Crippen LogP contribution in [0.1, 0.15) is 18.6 Å². The summed E-state index contributed by atoms with van der Waals surface area (Å²) in [5.41, 5.74) is 8.85. The van der Waals surface area contributed by atoms with Gasteiger partial charge in [-0.15, -0.1) is 0 Å². The van der Waals surface area contributed by atoms with E-state index in [-0.39, 0.29) is 5.78 Å². The molecule has 0 bridgehead atoms. The second-order valence-electron chi connectivity index (χ2n) is 3.26. The minimum Gasteiger partial charge on any atom is -0.388 e. The molecule has 0 spiro atoms. The molecule has 1 aromatic rings. The summed E-state index contributed by atoms with van der Waals surface area (Å²) in [4.78, 5) is 13.7. The summed E-state index contributed by atoms with van der Waals surface area (Å²) < 4.78 is 0.867. The van der Waals surface area contributed by atoms with Crippen LogP contribution in [0.3, 0.4) is 0 Å². The molecule has 0 radical (unpaired) electrons. The Morgan fingerprint density at radius 2 is 2.06 bits per heavy atom. The zero-order chi connectivity index (χ0) is 12.1. The summed E-state index contributed by atoms with van der Waals surface area (Å²) in [5, 5.41) is 13.2. The minimum absolute atomic E-state index is 0.367. The number of nitrogens with zero attached hydrogens (tertiary/aromatic N) is 3. The summed E-state index contributed by atoms with van der Waals surface area (Å²) in [5.74, 6) is -0.367. The number of aliphatic hydroxyl groups is 1. The van der Waals surface area contributed by atoms with E-state index in [2.05, 4.69) is 26.0 Å². The highest BCUT2D eigenvalue weighted by atomic mass is 79.9. The normalized spacial score (nSPS) is 13.7. The molecule has 0 heterocycles. The summed E-state index contributed by atoms with van der Waals surface area (Å²) in [6.45, 7) is 1.28. The van der Waals surface area contributed by atoms with E-state index in [1.54, 1.807) is 24.3 Å². The third-order valence-corrected chi connectivity index (χ3v) is 2.63. The van der Waals surface area contributed by atoms with Crippen molar-refractivity contribution >= 4 is 21.7 Å². The summed E-state index contributed by atoms with van der Waals surface area (Å²) in [6, 6.07) is 5.73. The van der Waals surface area contributed by atoms with Gasteiger partial charge in [0.2, 0.25) is 0 Å². The molecule has 1 aromatic carbocycles. The smallest absolute Gasteiger partial charge is 0.141 e. The molecule has 1 N–H and O–H groups in total. The number of hydrogen-bond acceptors (Lipinski definition) is 3. The van der Waals surface area contributed by atoms with E-state index in [4.69, 9.17) is 5.53 Å². The SMILES string of the molecule is CC(=O)[C@@H](N=[N+]=[N-])[C@@H](O)c1ccc(Br)cc1. The maximum absolute atomic E-state index is 11.2. The predicted molar refractivity (Wildman–Crippen MR) is 62.7 cm³/mol. The standard InChI is InChI=1S/C10H10BrN3O2/c1-6(15)9(13-14-12)10(16)7-2-4-8(11)5-3-7/h2-5,9-10,16H,1H3/t9-,10+/m1/s1. The maximum Gasteiger partial charge on any atom is 0.141 e. The number of Topliss-reactive ketones (excluding diaryl/α,β-unsaturated/α-hetero) is 1. The molecule has 0 aromatic heterocycles. The van der Waals surface area contributed by atoms with E-state index < -0.39 is 12.1 Å². The van der Waals surface area contributed by atoms with Gasteiger partial charge in [0.1, 0.15) is 11.8 Å². The van der Waals surface area contributed by atoms with E-state index in [1.165, 1.54) is 6.92 Å². The van der Waals surface area contributed by atoms with Gasteiger partial charge in [-0.1, -0.05) is 33.2 Å². The van der Waals surface area contributed by atoms with E-state index in [9.17, 15) is 9.90 Å². The molecule has 2 atom stereocenters. The Balaban J connectivity index is 2.98. The van der Waals surface area contributed by atoms with E-state index in [0.717, 1.165) is 4.47 Å². The van der Waals surface area contributed by atoms with Crippen LogP contribution in [0.15, 0.2) is 33.9 Å². The largest absolute Gasteiger partial charge is 0.388 e. The third kappa shape index (κ3) is 3.06. The number of azide groups is 1. The fourth-order valence-corrected chi connectivity index (χ4v) is 1.53. The third-order valence-electron chi connectivity index (χ3n) is 2.10. The first-order chi connectivity index (χ1) is 7.56. The lowest BCUT2D eigenvalue weighted by atomic mass is 10.0. The average molecular weight is 284 g/mol. The lowest BCUT2D eigenvalue weighted by Crippen LogP contribution is -2.23. The highest BCUT2D eigenvalue weighted by Gasteiger charge is 2.23. The van der Waals surface area contributed by atoms with Crippen molar-refractivity contribution in [2.75, 3.05) is 0 Å². The van der Waals surface area contributed by atoms with Gasteiger partial charge in [0.25, 0.3) is 0 Å². The number of benzene rings is 1. The number of rotatable bonds is 4. The molecule has 0 unspecified atom stereocenters. The Morgan fingerprint density at radius 3 is 2.50 bits per heavy atom. The Hall–Kier alpha value is -1.36. The second-order valence-corrected chi connectivity index (χ2v) is 4.17. The second kappa shape index (κ2) is 5.65. The van der Waals surface area contributed by atoms with Crippen LogP contribution in [-0.2, 0) is 4.79 Å². The van der Waals surface area contributed by atoms with Crippen molar-refractivity contribution < 1.29 is 9.90 Å². The highest BCUT2D eigenvalue weighted by Crippen LogP contribution is 2.22. The topological polar surface area (TPSA) is 86.1 Å². The van der Waals surface area contributed by atoms with E-state index in [0.29, 0.717) is 5.56 Å². The highest BCUT2D eigenvalue weighted by molar-refractivity contribution is 9.10. The molecular formula is C10H10BrN3O2. The molecule has 0 aliphatic rings. The molecule has 0 aliphatic heterocycles. The molecule has 0 amide bonds. The summed E-state index contributed by atoms with van der Waals surface area (Å²) >= 11 is 3.26. The van der Waals surface area contributed by atoms with Crippen LogP contribution in [0.4, 0.5) is 0 Å². The molecule has 0 saturated carbocycles. The number of aliphatic hydroxyl groups excluding tert-OH is 1. The van der Waals surface area contributed by atoms with Crippen LogP contribution in [0.2, 0.25) is 0 Å². The maximum atomic E-state index is 11.2. The van der Waals surface area contributed by atoms with Crippen LogP contribution in [0.25, 0.3) is 10.4 Å². The molecular weight excluding hydrogens is 274 g/mol. The molecule has 6 heteroatoms. The summed E-state index contributed by atoms with van der Waals surface area (Å²) in [7, 11) is 0. The molecule has 0 fully saturated rings. The Morgan fingerprint density at radius 1 is 1.50 bits per heavy atom. The van der Waals surface area contributed by atoms with Crippen molar-refractivity contribution in [3.8, 4) is 0 Å². The van der Waals surface area contributed by atoms with Crippen molar-refractivity contribution in [3.05, 3.63) is 44.7 Å². The first-order valence-electron chi connectivity index (χ1n) is 4.54.